The molecule has 0 amide bonds. The SMILES string of the molecule is N#Cc1ccc(Cn2cnnc2)c(-c2ccc(-c3ccccc3)o2)c1. The third kappa shape index (κ3) is 3.06. The van der Waals surface area contributed by atoms with Crippen LogP contribution in [-0.2, 0) is 6.54 Å². The molecular formula is C20H14N4O. The maximum atomic E-state index is 9.23. The topological polar surface area (TPSA) is 67.6 Å². The van der Waals surface area contributed by atoms with E-state index in [1.54, 1.807) is 12.7 Å². The molecule has 0 aliphatic heterocycles. The van der Waals surface area contributed by atoms with Crippen LogP contribution in [0.4, 0.5) is 0 Å². The van der Waals surface area contributed by atoms with Crippen molar-refractivity contribution < 1.29 is 4.42 Å². The molecule has 4 rings (SSSR count). The number of hydrogen-bond donors (Lipinski definition) is 0. The van der Waals surface area contributed by atoms with Crippen molar-refractivity contribution in [2.75, 3.05) is 0 Å². The summed E-state index contributed by atoms with van der Waals surface area (Å²) in [4.78, 5) is 0. The fourth-order valence-corrected chi connectivity index (χ4v) is 2.75. The Morgan fingerprint density at radius 2 is 1.68 bits per heavy atom. The van der Waals surface area contributed by atoms with Gasteiger partial charge in [0.2, 0.25) is 0 Å². The largest absolute Gasteiger partial charge is 0.456 e. The minimum absolute atomic E-state index is 0.597. The van der Waals surface area contributed by atoms with Crippen LogP contribution < -0.4 is 0 Å². The predicted octanol–water partition coefficient (Wildman–Crippen LogP) is 4.13. The standard InChI is InChI=1S/C20H14N4O/c21-11-15-6-7-17(12-24-13-22-23-14-24)18(10-15)20-9-8-19(25-20)16-4-2-1-3-5-16/h1-10,13-14H,12H2. The van der Waals surface area contributed by atoms with Gasteiger partial charge in [-0.1, -0.05) is 36.4 Å². The smallest absolute Gasteiger partial charge is 0.135 e. The van der Waals surface area contributed by atoms with Gasteiger partial charge in [-0.3, -0.25) is 0 Å². The molecule has 0 bridgehead atoms. The monoisotopic (exact) mass is 326 g/mol. The quantitative estimate of drug-likeness (QED) is 0.565. The number of aromatic nitrogens is 3. The average molecular weight is 326 g/mol. The molecule has 0 aliphatic carbocycles. The van der Waals surface area contributed by atoms with Crippen molar-refractivity contribution in [2.45, 2.75) is 6.54 Å². The summed E-state index contributed by atoms with van der Waals surface area (Å²) in [5.74, 6) is 1.53. The molecule has 0 fully saturated rings. The van der Waals surface area contributed by atoms with Gasteiger partial charge in [-0.15, -0.1) is 10.2 Å². The van der Waals surface area contributed by atoms with Crippen LogP contribution in [0.5, 0.6) is 0 Å². The summed E-state index contributed by atoms with van der Waals surface area (Å²) in [6.07, 6.45) is 3.33. The summed E-state index contributed by atoms with van der Waals surface area (Å²) in [6.45, 7) is 0.607. The van der Waals surface area contributed by atoms with Crippen LogP contribution in [0.25, 0.3) is 22.6 Å². The molecule has 5 heteroatoms. The van der Waals surface area contributed by atoms with E-state index in [0.29, 0.717) is 12.1 Å². The molecule has 4 aromatic rings. The van der Waals surface area contributed by atoms with Gasteiger partial charge >= 0.3 is 0 Å². The first-order valence-electron chi connectivity index (χ1n) is 7.84. The molecule has 0 saturated carbocycles. The molecule has 5 nitrogen and oxygen atoms in total. The molecule has 0 saturated heterocycles. The number of nitriles is 1. The highest BCUT2D eigenvalue weighted by Crippen LogP contribution is 2.31. The van der Waals surface area contributed by atoms with Crippen molar-refractivity contribution in [2.24, 2.45) is 0 Å². The van der Waals surface area contributed by atoms with E-state index in [9.17, 15) is 5.26 Å². The van der Waals surface area contributed by atoms with Crippen molar-refractivity contribution in [3.63, 3.8) is 0 Å². The average Bonchev–Trinajstić information content (AvgIpc) is 3.35. The Balaban J connectivity index is 1.76. The molecule has 2 aromatic heterocycles. The van der Waals surface area contributed by atoms with Crippen LogP contribution in [0.1, 0.15) is 11.1 Å². The Bertz CT molecular complexity index is 1030. The number of furan rings is 1. The number of rotatable bonds is 4. The van der Waals surface area contributed by atoms with Gasteiger partial charge in [0.05, 0.1) is 18.2 Å². The lowest BCUT2D eigenvalue weighted by Crippen LogP contribution is -1.99. The third-order valence-corrected chi connectivity index (χ3v) is 3.99. The molecule has 120 valence electrons. The molecule has 0 unspecified atom stereocenters. The zero-order valence-corrected chi connectivity index (χ0v) is 13.3. The minimum atomic E-state index is 0.597. The van der Waals surface area contributed by atoms with E-state index >= 15 is 0 Å². The molecule has 2 aromatic carbocycles. The second-order valence-electron chi connectivity index (χ2n) is 5.65. The van der Waals surface area contributed by atoms with E-state index in [1.807, 2.05) is 65.2 Å². The first-order valence-corrected chi connectivity index (χ1v) is 7.84. The number of nitrogens with zero attached hydrogens (tertiary/aromatic N) is 4. The van der Waals surface area contributed by atoms with Gasteiger partial charge in [-0.25, -0.2) is 0 Å². The van der Waals surface area contributed by atoms with E-state index in [2.05, 4.69) is 16.3 Å². The summed E-state index contributed by atoms with van der Waals surface area (Å²) < 4.78 is 7.95. The van der Waals surface area contributed by atoms with Crippen molar-refractivity contribution in [3.8, 4) is 28.7 Å². The zero-order valence-electron chi connectivity index (χ0n) is 13.3. The molecule has 0 aliphatic rings. The summed E-state index contributed by atoms with van der Waals surface area (Å²) in [5.41, 5.74) is 3.55. The van der Waals surface area contributed by atoms with E-state index < -0.39 is 0 Å². The molecular weight excluding hydrogens is 312 g/mol. The van der Waals surface area contributed by atoms with Gasteiger partial charge in [-0.2, -0.15) is 5.26 Å². The molecule has 0 N–H and O–H groups in total. The Hall–Kier alpha value is -3.65. The maximum Gasteiger partial charge on any atom is 0.135 e. The highest BCUT2D eigenvalue weighted by molar-refractivity contribution is 5.68. The van der Waals surface area contributed by atoms with E-state index in [-0.39, 0.29) is 0 Å². The lowest BCUT2D eigenvalue weighted by molar-refractivity contribution is 0.596. The highest BCUT2D eigenvalue weighted by Gasteiger charge is 2.12. The van der Waals surface area contributed by atoms with Crippen molar-refractivity contribution >= 4 is 0 Å². The van der Waals surface area contributed by atoms with Crippen LogP contribution in [0.2, 0.25) is 0 Å². The van der Waals surface area contributed by atoms with E-state index in [1.165, 1.54) is 0 Å². The molecule has 0 radical (unpaired) electrons. The highest BCUT2D eigenvalue weighted by atomic mass is 16.3. The Morgan fingerprint density at radius 3 is 2.44 bits per heavy atom. The number of hydrogen-bond acceptors (Lipinski definition) is 4. The summed E-state index contributed by atoms with van der Waals surface area (Å²) in [5, 5.41) is 16.9. The minimum Gasteiger partial charge on any atom is -0.456 e. The van der Waals surface area contributed by atoms with Crippen LogP contribution >= 0.6 is 0 Å². The normalized spacial score (nSPS) is 10.5. The fourth-order valence-electron chi connectivity index (χ4n) is 2.75. The summed E-state index contributed by atoms with van der Waals surface area (Å²) in [7, 11) is 0. The van der Waals surface area contributed by atoms with Gasteiger partial charge in [0, 0.05) is 11.1 Å². The van der Waals surface area contributed by atoms with E-state index in [0.717, 1.165) is 28.2 Å². The Labute approximate surface area is 144 Å². The molecule has 25 heavy (non-hydrogen) atoms. The molecule has 0 spiro atoms. The summed E-state index contributed by atoms with van der Waals surface area (Å²) >= 11 is 0. The van der Waals surface area contributed by atoms with Gasteiger partial charge in [0.1, 0.15) is 24.2 Å². The van der Waals surface area contributed by atoms with Crippen molar-refractivity contribution in [3.05, 3.63) is 84.4 Å². The van der Waals surface area contributed by atoms with Crippen LogP contribution in [0.3, 0.4) is 0 Å². The maximum absolute atomic E-state index is 9.23. The second kappa shape index (κ2) is 6.46. The van der Waals surface area contributed by atoms with Gasteiger partial charge in [0.15, 0.2) is 0 Å². The number of benzene rings is 2. The van der Waals surface area contributed by atoms with Gasteiger partial charge in [0.25, 0.3) is 0 Å². The van der Waals surface area contributed by atoms with Crippen LogP contribution in [0.15, 0.2) is 77.7 Å². The Kier molecular flexibility index (Phi) is 3.85. The van der Waals surface area contributed by atoms with Gasteiger partial charge < -0.3 is 8.98 Å². The molecule has 2 heterocycles. The van der Waals surface area contributed by atoms with Crippen molar-refractivity contribution in [1.29, 1.82) is 5.26 Å². The van der Waals surface area contributed by atoms with E-state index in [4.69, 9.17) is 4.42 Å². The second-order valence-corrected chi connectivity index (χ2v) is 5.65. The first kappa shape index (κ1) is 14.9. The summed E-state index contributed by atoms with van der Waals surface area (Å²) in [6, 6.07) is 21.6. The fraction of sp³-hybridized carbons (Fsp3) is 0.0500. The lowest BCUT2D eigenvalue weighted by atomic mass is 10.0. The lowest BCUT2D eigenvalue weighted by Gasteiger charge is -2.08. The molecule has 0 atom stereocenters. The Morgan fingerprint density at radius 1 is 0.920 bits per heavy atom. The third-order valence-electron chi connectivity index (χ3n) is 3.99. The van der Waals surface area contributed by atoms with Crippen LogP contribution in [0, 0.1) is 11.3 Å². The zero-order chi connectivity index (χ0) is 17.1. The van der Waals surface area contributed by atoms with Crippen LogP contribution in [-0.4, -0.2) is 14.8 Å². The first-order chi connectivity index (χ1) is 12.3. The predicted molar refractivity (Wildman–Crippen MR) is 93.4 cm³/mol. The van der Waals surface area contributed by atoms with Crippen molar-refractivity contribution in [1.82, 2.24) is 14.8 Å². The van der Waals surface area contributed by atoms with Gasteiger partial charge in [-0.05, 0) is 29.8 Å².